The zero-order chi connectivity index (χ0) is 60.8. The van der Waals surface area contributed by atoms with Crippen LogP contribution in [0.1, 0.15) is 25.0 Å². The monoisotopic (exact) mass is 1180 g/mol. The second-order valence-corrected chi connectivity index (χ2v) is 24.9. The molecular weight excluding hydrogens is 1120 g/mol. The van der Waals surface area contributed by atoms with E-state index in [1.165, 1.54) is 43.9 Å². The van der Waals surface area contributed by atoms with Gasteiger partial charge in [-0.05, 0) is 160 Å². The predicted octanol–water partition coefficient (Wildman–Crippen LogP) is 22.4. The zero-order valence-electron chi connectivity index (χ0n) is 50.5. The molecule has 0 bridgehead atoms. The molecule has 18 aromatic rings. The van der Waals surface area contributed by atoms with Crippen LogP contribution in [0.15, 0.2) is 308 Å². The second kappa shape index (κ2) is 20.0. The van der Waals surface area contributed by atoms with Crippen molar-refractivity contribution in [3.63, 3.8) is 0 Å². The molecule has 0 atom stereocenters. The van der Waals surface area contributed by atoms with Crippen LogP contribution in [0.2, 0.25) is 0 Å². The molecule has 432 valence electrons. The van der Waals surface area contributed by atoms with Crippen molar-refractivity contribution < 1.29 is 4.42 Å². The fraction of sp³-hybridized carbons (Fsp3) is 0.0353. The van der Waals surface area contributed by atoms with E-state index in [9.17, 15) is 0 Å². The number of fused-ring (bicyclic) bond motifs is 15. The number of hydrogen-bond acceptors (Lipinski definition) is 4. The molecule has 0 radical (unpaired) electrons. The van der Waals surface area contributed by atoms with Crippen LogP contribution in [0.5, 0.6) is 0 Å². The van der Waals surface area contributed by atoms with Gasteiger partial charge in [-0.1, -0.05) is 196 Å². The Bertz CT molecular complexity index is 6060. The minimum atomic E-state index is -0.220. The number of aromatic nitrogens is 5. The van der Waals surface area contributed by atoms with Gasteiger partial charge in [0.25, 0.3) is 0 Å². The lowest BCUT2D eigenvalue weighted by atomic mass is 9.82. The van der Waals surface area contributed by atoms with E-state index in [-0.39, 0.29) is 5.41 Å². The third kappa shape index (κ3) is 7.88. The fourth-order valence-corrected chi connectivity index (χ4v) is 15.1. The summed E-state index contributed by atoms with van der Waals surface area (Å²) in [7, 11) is 0. The first-order chi connectivity index (χ1) is 45.4. The number of hydrogen-bond donors (Lipinski definition) is 0. The van der Waals surface area contributed by atoms with Crippen LogP contribution in [-0.2, 0) is 5.41 Å². The summed E-state index contributed by atoms with van der Waals surface area (Å²) in [6.45, 7) is 4.70. The highest BCUT2D eigenvalue weighted by Gasteiger charge is 2.36. The Kier molecular flexibility index (Phi) is 11.3. The topological polar surface area (TPSA) is 57.0 Å². The van der Waals surface area contributed by atoms with Crippen LogP contribution >= 0.6 is 0 Å². The molecule has 1 aliphatic rings. The van der Waals surface area contributed by atoms with Gasteiger partial charge in [-0.2, -0.15) is 4.98 Å². The van der Waals surface area contributed by atoms with Gasteiger partial charge in [-0.3, -0.25) is 9.13 Å². The quantitative estimate of drug-likeness (QED) is 0.145. The summed E-state index contributed by atoms with van der Waals surface area (Å²) in [5.41, 5.74) is 23.8. The van der Waals surface area contributed by atoms with E-state index < -0.39 is 0 Å². The molecule has 0 N–H and O–H groups in total. The summed E-state index contributed by atoms with van der Waals surface area (Å²) >= 11 is 0. The molecule has 0 aliphatic heterocycles. The molecular formula is C85H56N6O. The Labute approximate surface area is 530 Å². The molecule has 0 spiro atoms. The Hall–Kier alpha value is -12.1. The molecule has 0 unspecified atom stereocenters. The van der Waals surface area contributed by atoms with Gasteiger partial charge in [0.1, 0.15) is 17.0 Å². The van der Waals surface area contributed by atoms with Crippen molar-refractivity contribution in [1.29, 1.82) is 0 Å². The number of benzene rings is 13. The zero-order valence-corrected chi connectivity index (χ0v) is 50.5. The summed E-state index contributed by atoms with van der Waals surface area (Å²) in [5.74, 6) is 1.36. The smallest absolute Gasteiger partial charge is 0.237 e. The highest BCUT2D eigenvalue weighted by atomic mass is 16.3. The van der Waals surface area contributed by atoms with Crippen molar-refractivity contribution in [2.45, 2.75) is 19.3 Å². The Morgan fingerprint density at radius 1 is 0.304 bits per heavy atom. The lowest BCUT2D eigenvalue weighted by Gasteiger charge is -2.26. The van der Waals surface area contributed by atoms with Crippen LogP contribution in [0.4, 0.5) is 17.1 Å². The largest absolute Gasteiger partial charge is 0.456 e. The van der Waals surface area contributed by atoms with Crippen LogP contribution in [0, 0.1) is 0 Å². The number of rotatable bonds is 9. The van der Waals surface area contributed by atoms with Crippen molar-refractivity contribution in [3.05, 3.63) is 314 Å². The van der Waals surface area contributed by atoms with Gasteiger partial charge < -0.3 is 13.9 Å². The maximum absolute atomic E-state index is 6.28. The third-order valence-corrected chi connectivity index (χ3v) is 19.4. The van der Waals surface area contributed by atoms with Crippen LogP contribution < -0.4 is 4.90 Å². The van der Waals surface area contributed by atoms with E-state index in [1.807, 2.05) is 12.1 Å². The van der Waals surface area contributed by atoms with E-state index in [0.717, 1.165) is 128 Å². The van der Waals surface area contributed by atoms with Crippen molar-refractivity contribution in [3.8, 4) is 62.1 Å². The molecule has 7 heteroatoms. The minimum Gasteiger partial charge on any atom is -0.456 e. The van der Waals surface area contributed by atoms with Crippen molar-refractivity contribution in [2.24, 2.45) is 0 Å². The van der Waals surface area contributed by atoms with Crippen LogP contribution in [-0.4, -0.2) is 23.7 Å². The van der Waals surface area contributed by atoms with Crippen LogP contribution in [0.25, 0.3) is 149 Å². The van der Waals surface area contributed by atoms with E-state index in [2.05, 4.69) is 324 Å². The normalized spacial score (nSPS) is 12.8. The van der Waals surface area contributed by atoms with Gasteiger partial charge in [-0.25, -0.2) is 4.98 Å². The summed E-state index contributed by atoms with van der Waals surface area (Å²) in [6.07, 6.45) is 0. The first-order valence-electron chi connectivity index (χ1n) is 31.5. The molecule has 0 saturated carbocycles. The number of furan rings is 1. The average molecular weight is 1180 g/mol. The van der Waals surface area contributed by atoms with Crippen LogP contribution in [0.3, 0.4) is 0 Å². The molecule has 0 saturated heterocycles. The Morgan fingerprint density at radius 2 is 0.848 bits per heavy atom. The lowest BCUT2D eigenvalue weighted by molar-refractivity contribution is 0.661. The average Bonchev–Trinajstić information content (AvgIpc) is 1.56. The molecule has 7 nitrogen and oxygen atoms in total. The lowest BCUT2D eigenvalue weighted by Crippen LogP contribution is -2.15. The van der Waals surface area contributed by atoms with Crippen molar-refractivity contribution >= 4 is 104 Å². The molecule has 5 heterocycles. The fourth-order valence-electron chi connectivity index (χ4n) is 15.1. The molecule has 19 rings (SSSR count). The minimum absolute atomic E-state index is 0.220. The van der Waals surface area contributed by atoms with Gasteiger partial charge in [0.2, 0.25) is 5.95 Å². The SMILES string of the molecule is CC1(C)c2ccccc2-c2cc3c4ccccc4n(-c4nc(-c5cccc(-c6cccc(N(c7ccccc7)c7ccc8c9ccccc9n(-c9ccccc9)c8c7)c6)c5)cc(-n5c6ccccc6c6cc(-c7ccc8oc9ccccc9c8c7)ccc65)n4)c3cc21. The van der Waals surface area contributed by atoms with Gasteiger partial charge in [0, 0.05) is 82.9 Å². The highest BCUT2D eigenvalue weighted by molar-refractivity contribution is 6.14. The first-order valence-corrected chi connectivity index (χ1v) is 31.5. The molecule has 5 aromatic heterocycles. The summed E-state index contributed by atoms with van der Waals surface area (Å²) in [6, 6.07) is 110. The summed E-state index contributed by atoms with van der Waals surface area (Å²) < 4.78 is 13.3. The molecule has 1 aliphatic carbocycles. The molecule has 92 heavy (non-hydrogen) atoms. The second-order valence-electron chi connectivity index (χ2n) is 24.9. The number of anilines is 3. The maximum atomic E-state index is 6.28. The Balaban J connectivity index is 0.794. The van der Waals surface area contributed by atoms with Crippen molar-refractivity contribution in [2.75, 3.05) is 4.90 Å². The van der Waals surface area contributed by atoms with Gasteiger partial charge in [0.15, 0.2) is 0 Å². The number of para-hydroxylation sites is 6. The van der Waals surface area contributed by atoms with E-state index in [1.54, 1.807) is 0 Å². The standard InChI is InChI=1S/C85H56N6O/c1-85(2)72-34-14-9-29-62(72)68-50-70-65-32-12-17-37-77(65)91(80(70)51-73(68)85)84-86-74(52-83(87-84)90-76-36-16-11-31-64(76)69-47-55(39-43-78(69)90)56-40-44-82-71(48-56)67-33-13-18-38-81(67)92-82)57-23-19-21-53(45-57)54-22-20-28-60(46-54)88(58-24-5-3-6-25-58)61-41-42-66-63-30-10-15-35-75(63)89(79(66)49-61)59-26-7-4-8-27-59/h3-52H,1-2H3. The predicted molar refractivity (Wildman–Crippen MR) is 381 cm³/mol. The molecule has 13 aromatic carbocycles. The van der Waals surface area contributed by atoms with E-state index in [0.29, 0.717) is 5.95 Å². The van der Waals surface area contributed by atoms with Gasteiger partial charge in [-0.15, -0.1) is 0 Å². The summed E-state index contributed by atoms with van der Waals surface area (Å²) in [5, 5.41) is 9.24. The third-order valence-electron chi connectivity index (χ3n) is 19.4. The van der Waals surface area contributed by atoms with E-state index >= 15 is 0 Å². The van der Waals surface area contributed by atoms with Gasteiger partial charge in [0.05, 0.1) is 38.8 Å². The Morgan fingerprint density at radius 3 is 1.64 bits per heavy atom. The maximum Gasteiger partial charge on any atom is 0.237 e. The number of nitrogens with zero attached hydrogens (tertiary/aromatic N) is 6. The first kappa shape index (κ1) is 51.9. The van der Waals surface area contributed by atoms with Crippen molar-refractivity contribution in [1.82, 2.24) is 23.7 Å². The summed E-state index contributed by atoms with van der Waals surface area (Å²) in [4.78, 5) is 13.9. The molecule has 0 fully saturated rings. The highest BCUT2D eigenvalue weighted by Crippen LogP contribution is 2.51. The van der Waals surface area contributed by atoms with Gasteiger partial charge >= 0.3 is 0 Å². The van der Waals surface area contributed by atoms with E-state index in [4.69, 9.17) is 14.4 Å². The molecule has 0 amide bonds.